The first-order chi connectivity index (χ1) is 22.6. The molecular formula is C25H46N6O14S4. The summed E-state index contributed by atoms with van der Waals surface area (Å²) in [5.74, 6) is -5.96. The Labute approximate surface area is 304 Å². The Morgan fingerprint density at radius 1 is 0.653 bits per heavy atom. The molecule has 0 radical (unpaired) electrons. The first-order valence-electron chi connectivity index (χ1n) is 13.7. The van der Waals surface area contributed by atoms with Crippen LogP contribution in [0.15, 0.2) is 0 Å². The van der Waals surface area contributed by atoms with Crippen LogP contribution in [0.3, 0.4) is 0 Å². The average Bonchev–Trinajstić information content (AvgIpc) is 3.02. The SMILES string of the molecule is CC(=O)N[C@@H](CS)C(=O)O.COC(=O)[C@H](CS)NC(C)=O.NC(CCS)C(=O)O.N[C@H](CCC(=O)N[C@H](CS)C(=O)NCC(=O)O)C(=O)O. The second-order valence-electron chi connectivity index (χ2n) is 9.09. The minimum atomic E-state index is -1.22. The van der Waals surface area contributed by atoms with E-state index < -0.39 is 78.4 Å². The van der Waals surface area contributed by atoms with Crippen molar-refractivity contribution in [1.82, 2.24) is 21.3 Å². The zero-order chi connectivity index (χ0) is 39.3. The maximum atomic E-state index is 11.5. The topological polar surface area (TPSA) is 344 Å². The molecule has 0 aliphatic rings. The highest BCUT2D eigenvalue weighted by atomic mass is 32.1. The van der Waals surface area contributed by atoms with Crippen molar-refractivity contribution in [3.05, 3.63) is 0 Å². The summed E-state index contributed by atoms with van der Waals surface area (Å²) in [5, 5.41) is 42.5. The number of carbonyl (C=O) groups excluding carboxylic acids is 5. The summed E-state index contributed by atoms with van der Waals surface area (Å²) in [4.78, 5) is 95.5. The molecule has 20 nitrogen and oxygen atoms in total. The summed E-state index contributed by atoms with van der Waals surface area (Å²) in [5.41, 5.74) is 10.3. The maximum absolute atomic E-state index is 11.5. The maximum Gasteiger partial charge on any atom is 0.329 e. The van der Waals surface area contributed by atoms with E-state index in [0.29, 0.717) is 12.2 Å². The Balaban J connectivity index is -0.000000297. The van der Waals surface area contributed by atoms with Gasteiger partial charge in [0, 0.05) is 37.5 Å². The number of aliphatic carboxylic acids is 4. The van der Waals surface area contributed by atoms with Gasteiger partial charge in [0.05, 0.1) is 7.11 Å². The van der Waals surface area contributed by atoms with Gasteiger partial charge in [-0.1, -0.05) is 0 Å². The summed E-state index contributed by atoms with van der Waals surface area (Å²) < 4.78 is 4.40. The number of thiol groups is 4. The fourth-order valence-electron chi connectivity index (χ4n) is 2.42. The molecule has 0 aliphatic carbocycles. The molecule has 4 amide bonds. The molecule has 0 aliphatic heterocycles. The molecule has 0 fully saturated rings. The minimum Gasteiger partial charge on any atom is -0.480 e. The van der Waals surface area contributed by atoms with E-state index in [1.165, 1.54) is 21.0 Å². The number of nitrogens with one attached hydrogen (secondary N) is 4. The highest BCUT2D eigenvalue weighted by Gasteiger charge is 2.21. The smallest absolute Gasteiger partial charge is 0.329 e. The van der Waals surface area contributed by atoms with Crippen LogP contribution in [0.5, 0.6) is 0 Å². The lowest BCUT2D eigenvalue weighted by Gasteiger charge is -2.16. The number of ether oxygens (including phenoxy) is 1. The van der Waals surface area contributed by atoms with E-state index in [9.17, 15) is 43.2 Å². The molecule has 0 saturated carbocycles. The van der Waals surface area contributed by atoms with E-state index >= 15 is 0 Å². The summed E-state index contributed by atoms with van der Waals surface area (Å²) in [6, 6.07) is -4.41. The van der Waals surface area contributed by atoms with Crippen LogP contribution in [-0.4, -0.2) is 141 Å². The Morgan fingerprint density at radius 3 is 1.37 bits per heavy atom. The van der Waals surface area contributed by atoms with Gasteiger partial charge in [0.25, 0.3) is 0 Å². The zero-order valence-corrected chi connectivity index (χ0v) is 30.4. The summed E-state index contributed by atoms with van der Waals surface area (Å²) >= 11 is 15.3. The molecule has 5 atom stereocenters. The predicted octanol–water partition coefficient (Wildman–Crippen LogP) is -3.39. The molecule has 0 bridgehead atoms. The van der Waals surface area contributed by atoms with Crippen LogP contribution in [0.1, 0.15) is 33.1 Å². The van der Waals surface area contributed by atoms with E-state index in [4.69, 9.17) is 31.9 Å². The van der Waals surface area contributed by atoms with Gasteiger partial charge in [-0.25, -0.2) is 9.59 Å². The van der Waals surface area contributed by atoms with Crippen molar-refractivity contribution >= 4 is 104 Å². The fraction of sp³-hybridized carbons (Fsp3) is 0.640. The number of rotatable bonds is 18. The Morgan fingerprint density at radius 2 is 1.08 bits per heavy atom. The van der Waals surface area contributed by atoms with E-state index in [0.717, 1.165) is 0 Å². The van der Waals surface area contributed by atoms with Crippen molar-refractivity contribution in [3.63, 3.8) is 0 Å². The monoisotopic (exact) mass is 782 g/mol. The molecule has 284 valence electrons. The predicted molar refractivity (Wildman–Crippen MR) is 188 cm³/mol. The third-order valence-corrected chi connectivity index (χ3v) is 6.26. The van der Waals surface area contributed by atoms with Gasteiger partial charge < -0.3 is 57.9 Å². The van der Waals surface area contributed by atoms with Crippen LogP contribution in [-0.2, 0) is 47.9 Å². The van der Waals surface area contributed by atoms with E-state index in [-0.39, 0.29) is 41.9 Å². The first kappa shape index (κ1) is 52.4. The van der Waals surface area contributed by atoms with Crippen molar-refractivity contribution in [3.8, 4) is 0 Å². The van der Waals surface area contributed by atoms with Gasteiger partial charge in [0.2, 0.25) is 23.6 Å². The Hall–Kier alpha value is -3.45. The molecule has 0 aromatic heterocycles. The van der Waals surface area contributed by atoms with Crippen LogP contribution in [0.2, 0.25) is 0 Å². The molecule has 24 heteroatoms. The molecule has 49 heavy (non-hydrogen) atoms. The molecule has 0 saturated heterocycles. The van der Waals surface area contributed by atoms with Crippen molar-refractivity contribution < 1.29 is 68.3 Å². The number of esters is 1. The second kappa shape index (κ2) is 31.8. The highest BCUT2D eigenvalue weighted by Crippen LogP contribution is 1.97. The molecule has 0 aromatic rings. The van der Waals surface area contributed by atoms with Crippen LogP contribution >= 0.6 is 50.5 Å². The second-order valence-corrected chi connectivity index (χ2v) is 10.6. The van der Waals surface area contributed by atoms with Gasteiger partial charge >= 0.3 is 29.8 Å². The zero-order valence-electron chi connectivity index (χ0n) is 26.9. The van der Waals surface area contributed by atoms with Crippen molar-refractivity contribution in [1.29, 1.82) is 0 Å². The van der Waals surface area contributed by atoms with Crippen LogP contribution in [0.25, 0.3) is 0 Å². The number of methoxy groups -OCH3 is 1. The Kier molecular flexibility index (Phi) is 34.0. The summed E-state index contributed by atoms with van der Waals surface area (Å²) in [6.45, 7) is 2.03. The van der Waals surface area contributed by atoms with Crippen molar-refractivity contribution in [2.75, 3.05) is 36.7 Å². The lowest BCUT2D eigenvalue weighted by atomic mass is 10.1. The lowest BCUT2D eigenvalue weighted by Crippen LogP contribution is -2.49. The minimum absolute atomic E-state index is 0.0256. The molecule has 0 aromatic carbocycles. The van der Waals surface area contributed by atoms with Crippen molar-refractivity contribution in [2.45, 2.75) is 63.3 Å². The summed E-state index contributed by atoms with van der Waals surface area (Å²) in [6.07, 6.45) is 0.194. The third-order valence-electron chi connectivity index (χ3n) is 4.91. The number of carbonyl (C=O) groups is 9. The van der Waals surface area contributed by atoms with E-state index in [1.807, 2.05) is 0 Å². The van der Waals surface area contributed by atoms with Crippen molar-refractivity contribution in [2.24, 2.45) is 11.5 Å². The molecule has 0 heterocycles. The number of carboxylic acids is 4. The number of carboxylic acid groups (broad SMARTS) is 4. The quantitative estimate of drug-likeness (QED) is 0.0476. The van der Waals surface area contributed by atoms with Gasteiger partial charge in [0.1, 0.15) is 36.8 Å². The van der Waals surface area contributed by atoms with Crippen LogP contribution in [0.4, 0.5) is 0 Å². The molecule has 1 unspecified atom stereocenters. The number of hydrogen-bond acceptors (Lipinski definition) is 16. The van der Waals surface area contributed by atoms with Gasteiger partial charge in [-0.15, -0.1) is 0 Å². The largest absolute Gasteiger partial charge is 0.480 e. The van der Waals surface area contributed by atoms with E-state index in [2.05, 4.69) is 76.5 Å². The van der Waals surface area contributed by atoms with Gasteiger partial charge in [-0.2, -0.15) is 50.5 Å². The lowest BCUT2D eigenvalue weighted by molar-refractivity contribution is -0.144. The molecule has 12 N–H and O–H groups in total. The van der Waals surface area contributed by atoms with Crippen LogP contribution in [0, 0.1) is 0 Å². The van der Waals surface area contributed by atoms with Gasteiger partial charge in [-0.05, 0) is 18.6 Å². The fourth-order valence-corrected chi connectivity index (χ4v) is 3.44. The summed E-state index contributed by atoms with van der Waals surface area (Å²) in [7, 11) is 1.26. The molecular weight excluding hydrogens is 737 g/mol. The van der Waals surface area contributed by atoms with Gasteiger partial charge in [-0.3, -0.25) is 33.6 Å². The number of nitrogens with two attached hydrogens (primary N) is 2. The molecule has 0 rings (SSSR count). The highest BCUT2D eigenvalue weighted by molar-refractivity contribution is 7.80. The molecule has 0 spiro atoms. The number of amides is 4. The standard InChI is InChI=1S/C10H17N3O6S.C6H11NO3S.C5H9NO3S.C4H9NO2S/c11-5(10(18)19)1-2-7(14)13-6(4-20)9(17)12-3-8(15)16;1-4(8)7-5(3-11)6(9)10-2;1-3(7)6-4(2-10)5(8)9;5-3(1-2-8)4(6)7/h5-6,20H,1-4,11H2,(H,12,17)(H,13,14)(H,15,16)(H,18,19);5,11H,3H2,1-2H3,(H,7,8);4,10H,2H2,1H3,(H,6,7)(H,8,9);3,8H,1-2,5H2,(H,6,7)/t5-,6-;5-;4-;/m100./s1. The number of hydrogen-bond donors (Lipinski definition) is 14. The normalized spacial score (nSPS) is 12.7. The van der Waals surface area contributed by atoms with Crippen LogP contribution < -0.4 is 32.7 Å². The van der Waals surface area contributed by atoms with Gasteiger partial charge in [0.15, 0.2) is 0 Å². The van der Waals surface area contributed by atoms with E-state index in [1.54, 1.807) is 0 Å². The first-order valence-corrected chi connectivity index (χ1v) is 16.2. The Bertz CT molecular complexity index is 1090. The average molecular weight is 783 g/mol. The third kappa shape index (κ3) is 32.9.